The molecule has 3 rings (SSSR count). The molecular formula is C19H25N3O4. The van der Waals surface area contributed by atoms with Crippen molar-refractivity contribution < 1.29 is 19.1 Å². The van der Waals surface area contributed by atoms with Gasteiger partial charge >= 0.3 is 12.2 Å². The van der Waals surface area contributed by atoms with Crippen LogP contribution >= 0.6 is 0 Å². The van der Waals surface area contributed by atoms with Gasteiger partial charge in [-0.05, 0) is 38.3 Å². The van der Waals surface area contributed by atoms with Crippen LogP contribution in [-0.2, 0) is 9.47 Å². The molecule has 0 unspecified atom stereocenters. The van der Waals surface area contributed by atoms with Gasteiger partial charge in [0.15, 0.2) is 0 Å². The van der Waals surface area contributed by atoms with Crippen LogP contribution in [0.3, 0.4) is 0 Å². The fraction of sp³-hybridized carbons (Fsp3) is 0.474. The summed E-state index contributed by atoms with van der Waals surface area (Å²) in [6, 6.07) is 7.27. The monoisotopic (exact) mass is 359 g/mol. The molecule has 0 bridgehead atoms. The van der Waals surface area contributed by atoms with Gasteiger partial charge in [-0.1, -0.05) is 30.4 Å². The van der Waals surface area contributed by atoms with Crippen molar-refractivity contribution in [3.8, 4) is 0 Å². The molecule has 0 heterocycles. The number of hydrogen-bond donors (Lipinski definition) is 2. The lowest BCUT2D eigenvalue weighted by Crippen LogP contribution is -2.56. The van der Waals surface area contributed by atoms with Crippen LogP contribution < -0.4 is 11.2 Å². The quantitative estimate of drug-likeness (QED) is 0.489. The van der Waals surface area contributed by atoms with Gasteiger partial charge in [-0.15, -0.1) is 0 Å². The highest BCUT2D eigenvalue weighted by Gasteiger charge is 2.57. The first-order chi connectivity index (χ1) is 12.5. The Bertz CT molecular complexity index is 714. The Morgan fingerprint density at radius 3 is 2.54 bits per heavy atom. The summed E-state index contributed by atoms with van der Waals surface area (Å²) in [4.78, 5) is 24.7. The van der Waals surface area contributed by atoms with Crippen molar-refractivity contribution in [3.63, 3.8) is 0 Å². The first-order valence-electron chi connectivity index (χ1n) is 8.95. The number of nitrogens with zero attached hydrogens (tertiary/aromatic N) is 1. The molecular weight excluding hydrogens is 334 g/mol. The van der Waals surface area contributed by atoms with Crippen LogP contribution in [0.5, 0.6) is 0 Å². The minimum Gasteiger partial charge on any atom is -0.449 e. The highest BCUT2D eigenvalue weighted by molar-refractivity contribution is 5.75. The van der Waals surface area contributed by atoms with Crippen LogP contribution in [0.1, 0.15) is 38.2 Å². The molecule has 1 saturated carbocycles. The second-order valence-electron chi connectivity index (χ2n) is 6.59. The second kappa shape index (κ2) is 7.27. The summed E-state index contributed by atoms with van der Waals surface area (Å²) in [5, 5.41) is 1.28. The fourth-order valence-electron chi connectivity index (χ4n) is 3.65. The van der Waals surface area contributed by atoms with Crippen molar-refractivity contribution in [3.05, 3.63) is 42.0 Å². The first kappa shape index (κ1) is 18.1. The van der Waals surface area contributed by atoms with E-state index in [1.165, 1.54) is 5.01 Å². The summed E-state index contributed by atoms with van der Waals surface area (Å²) in [7, 11) is 0. The third-order valence-electron chi connectivity index (χ3n) is 4.98. The maximum absolute atomic E-state index is 12.6. The third kappa shape index (κ3) is 3.34. The molecule has 3 N–H and O–H groups in total. The standard InChI is InChI=1S/C19H25N3O4/c1-3-25-17(23)21-22(18(24)26-4-2)16-14(9-10-19(16)11-12-19)13-7-5-6-8-15(13)20/h5-10,14,16H,3-4,11-12,20H2,1-2H3,(H,21,23)/t14-,16-/m1/s1. The molecule has 140 valence electrons. The molecule has 0 saturated heterocycles. The molecule has 26 heavy (non-hydrogen) atoms. The van der Waals surface area contributed by atoms with Gasteiger partial charge in [0.1, 0.15) is 0 Å². The summed E-state index contributed by atoms with van der Waals surface area (Å²) < 4.78 is 10.2. The molecule has 7 nitrogen and oxygen atoms in total. The number of carbonyl (C=O) groups is 2. The Labute approximate surface area is 153 Å². The maximum Gasteiger partial charge on any atom is 0.429 e. The lowest BCUT2D eigenvalue weighted by atomic mass is 9.87. The molecule has 1 fully saturated rings. The number of carbonyl (C=O) groups excluding carboxylic acids is 2. The average molecular weight is 359 g/mol. The Kier molecular flexibility index (Phi) is 5.06. The van der Waals surface area contributed by atoms with E-state index in [1.54, 1.807) is 13.8 Å². The molecule has 1 spiro atoms. The van der Waals surface area contributed by atoms with Crippen LogP contribution in [-0.4, -0.2) is 36.5 Å². The summed E-state index contributed by atoms with van der Waals surface area (Å²) in [6.45, 7) is 3.87. The van der Waals surface area contributed by atoms with E-state index in [2.05, 4.69) is 17.6 Å². The molecule has 7 heteroatoms. The Hall–Kier alpha value is -2.70. The van der Waals surface area contributed by atoms with Crippen LogP contribution in [0, 0.1) is 5.41 Å². The number of nitrogen functional groups attached to an aromatic ring is 1. The predicted molar refractivity (Wildman–Crippen MR) is 97.2 cm³/mol. The SMILES string of the molecule is CCOC(=O)NN(C(=O)OCC)[C@@H]1[C@@H](c2ccccc2N)C=CC12CC2. The van der Waals surface area contributed by atoms with Gasteiger partial charge in [0.05, 0.1) is 19.3 Å². The van der Waals surface area contributed by atoms with E-state index in [-0.39, 0.29) is 30.6 Å². The highest BCUT2D eigenvalue weighted by atomic mass is 16.6. The largest absolute Gasteiger partial charge is 0.449 e. The molecule has 0 aliphatic heterocycles. The number of nitrogens with one attached hydrogen (secondary N) is 1. The van der Waals surface area contributed by atoms with Crippen molar-refractivity contribution >= 4 is 17.9 Å². The zero-order chi connectivity index (χ0) is 18.7. The molecule has 1 aromatic rings. The van der Waals surface area contributed by atoms with Gasteiger partial charge in [-0.2, -0.15) is 0 Å². The lowest BCUT2D eigenvalue weighted by molar-refractivity contribution is 0.0416. The van der Waals surface area contributed by atoms with E-state index >= 15 is 0 Å². The molecule has 0 aromatic heterocycles. The fourth-order valence-corrected chi connectivity index (χ4v) is 3.65. The number of rotatable bonds is 4. The number of hydrazine groups is 1. The maximum atomic E-state index is 12.6. The predicted octanol–water partition coefficient (Wildman–Crippen LogP) is 3.19. The van der Waals surface area contributed by atoms with Gasteiger partial charge in [0.2, 0.25) is 0 Å². The summed E-state index contributed by atoms with van der Waals surface area (Å²) in [5.41, 5.74) is 10.2. The highest BCUT2D eigenvalue weighted by Crippen LogP contribution is 2.59. The zero-order valence-corrected chi connectivity index (χ0v) is 15.1. The lowest BCUT2D eigenvalue weighted by Gasteiger charge is -2.36. The van der Waals surface area contributed by atoms with Gasteiger partial charge in [-0.25, -0.2) is 20.0 Å². The van der Waals surface area contributed by atoms with Crippen LogP contribution in [0.4, 0.5) is 15.3 Å². The van der Waals surface area contributed by atoms with E-state index in [9.17, 15) is 9.59 Å². The summed E-state index contributed by atoms with van der Waals surface area (Å²) in [6.07, 6.45) is 4.81. The number of hydrogen-bond acceptors (Lipinski definition) is 5. The van der Waals surface area contributed by atoms with E-state index < -0.39 is 12.2 Å². The minimum atomic E-state index is -0.678. The number of benzene rings is 1. The van der Waals surface area contributed by atoms with Gasteiger partial charge in [0.25, 0.3) is 0 Å². The zero-order valence-electron chi connectivity index (χ0n) is 15.1. The number of ether oxygens (including phenoxy) is 2. The Balaban J connectivity index is 1.94. The molecule has 2 amide bonds. The van der Waals surface area contributed by atoms with E-state index in [0.717, 1.165) is 18.4 Å². The Morgan fingerprint density at radius 1 is 1.23 bits per heavy atom. The van der Waals surface area contributed by atoms with Crippen LogP contribution in [0.25, 0.3) is 0 Å². The molecule has 2 aliphatic rings. The molecule has 0 radical (unpaired) electrons. The summed E-state index contributed by atoms with van der Waals surface area (Å²) >= 11 is 0. The van der Waals surface area contributed by atoms with Crippen molar-refractivity contribution in [2.45, 2.75) is 38.6 Å². The second-order valence-corrected chi connectivity index (χ2v) is 6.59. The normalized spacial score (nSPS) is 22.1. The van der Waals surface area contributed by atoms with Crippen LogP contribution in [0.15, 0.2) is 36.4 Å². The Morgan fingerprint density at radius 2 is 1.92 bits per heavy atom. The van der Waals surface area contributed by atoms with E-state index in [0.29, 0.717) is 5.69 Å². The van der Waals surface area contributed by atoms with Gasteiger partial charge in [0, 0.05) is 17.0 Å². The number of amides is 2. The molecule has 1 aromatic carbocycles. The van der Waals surface area contributed by atoms with Crippen molar-refractivity contribution in [2.75, 3.05) is 18.9 Å². The molecule has 2 atom stereocenters. The summed E-state index contributed by atoms with van der Waals surface area (Å²) in [5.74, 6) is -0.134. The van der Waals surface area contributed by atoms with Gasteiger partial charge < -0.3 is 15.2 Å². The van der Waals surface area contributed by atoms with Crippen LogP contribution in [0.2, 0.25) is 0 Å². The number of anilines is 1. The molecule has 2 aliphatic carbocycles. The number of para-hydroxylation sites is 1. The van der Waals surface area contributed by atoms with E-state index in [4.69, 9.17) is 15.2 Å². The smallest absolute Gasteiger partial charge is 0.429 e. The van der Waals surface area contributed by atoms with Crippen molar-refractivity contribution in [1.29, 1.82) is 0 Å². The third-order valence-corrected chi connectivity index (χ3v) is 4.98. The van der Waals surface area contributed by atoms with Crippen molar-refractivity contribution in [2.24, 2.45) is 5.41 Å². The van der Waals surface area contributed by atoms with E-state index in [1.807, 2.05) is 24.3 Å². The minimum absolute atomic E-state index is 0.134. The van der Waals surface area contributed by atoms with Gasteiger partial charge in [-0.3, -0.25) is 0 Å². The first-order valence-corrected chi connectivity index (χ1v) is 8.95. The van der Waals surface area contributed by atoms with Crippen molar-refractivity contribution in [1.82, 2.24) is 10.4 Å². The number of nitrogens with two attached hydrogens (primary N) is 1. The topological polar surface area (TPSA) is 93.9 Å². The average Bonchev–Trinajstić information content (AvgIpc) is 3.29.